The predicted molar refractivity (Wildman–Crippen MR) is 131 cm³/mol. The number of esters is 2. The van der Waals surface area contributed by atoms with Crippen LogP contribution < -0.4 is 0 Å². The molecule has 0 aromatic carbocycles. The second kappa shape index (κ2) is 12.3. The van der Waals surface area contributed by atoms with Gasteiger partial charge in [0, 0.05) is 24.9 Å². The van der Waals surface area contributed by atoms with Gasteiger partial charge in [0.1, 0.15) is 18.4 Å². The summed E-state index contributed by atoms with van der Waals surface area (Å²) in [6.07, 6.45) is 5.33. The molecule has 1 N–H and O–H groups in total. The average molecular weight is 524 g/mol. The van der Waals surface area contributed by atoms with Crippen LogP contribution in [0.25, 0.3) is 0 Å². The van der Waals surface area contributed by atoms with Crippen molar-refractivity contribution < 1.29 is 28.6 Å². The quantitative estimate of drug-likeness (QED) is 0.401. The van der Waals surface area contributed by atoms with Crippen LogP contribution in [0.1, 0.15) is 46.0 Å². The third-order valence-corrected chi connectivity index (χ3v) is 8.71. The van der Waals surface area contributed by atoms with E-state index in [1.165, 1.54) is 7.11 Å². The van der Waals surface area contributed by atoms with Crippen molar-refractivity contribution in [2.24, 2.45) is 17.8 Å². The van der Waals surface area contributed by atoms with Crippen molar-refractivity contribution in [3.63, 3.8) is 0 Å². The predicted octanol–water partition coefficient (Wildman–Crippen LogP) is 2.34. The van der Waals surface area contributed by atoms with Crippen molar-refractivity contribution >= 4 is 29.8 Å². The highest BCUT2D eigenvalue weighted by Gasteiger charge is 2.46. The molecule has 36 heavy (non-hydrogen) atoms. The number of methoxy groups -OCH3 is 1. The molecule has 200 valence electrons. The second-order valence-electron chi connectivity index (χ2n) is 9.80. The number of fused-ring (bicyclic) bond motifs is 1. The van der Waals surface area contributed by atoms with Crippen LogP contribution in [0, 0.1) is 17.8 Å². The molecule has 2 saturated heterocycles. The largest absolute Gasteiger partial charge is 0.465 e. The maximum Gasteiger partial charge on any atom is 0.410 e. The number of carbonyl (C=O) groups excluding carboxylic acids is 3. The lowest BCUT2D eigenvalue weighted by molar-refractivity contribution is -0.153. The Morgan fingerprint density at radius 3 is 2.44 bits per heavy atom. The topological polar surface area (TPSA) is 127 Å². The van der Waals surface area contributed by atoms with E-state index in [4.69, 9.17) is 14.2 Å². The molecule has 0 radical (unpaired) electrons. The maximum absolute atomic E-state index is 12.8. The summed E-state index contributed by atoms with van der Waals surface area (Å²) in [7, 11) is 1.34. The van der Waals surface area contributed by atoms with Gasteiger partial charge >= 0.3 is 18.0 Å². The van der Waals surface area contributed by atoms with E-state index in [0.29, 0.717) is 48.9 Å². The fourth-order valence-electron chi connectivity index (χ4n) is 6.06. The number of carbonyl (C=O) groups is 3. The highest BCUT2D eigenvalue weighted by molar-refractivity contribution is 7.99. The Bertz CT molecular complexity index is 902. The Kier molecular flexibility index (Phi) is 9.10. The maximum atomic E-state index is 12.8. The number of ether oxygens (including phenoxy) is 3. The average Bonchev–Trinajstić information content (AvgIpc) is 3.53. The number of aromatic nitrogens is 3. The number of nitrogens with zero attached hydrogens (tertiary/aromatic N) is 4. The first-order valence-electron chi connectivity index (χ1n) is 12.9. The summed E-state index contributed by atoms with van der Waals surface area (Å²) in [5.41, 5.74) is 0. The molecule has 1 aliphatic carbocycles. The molecule has 2 aliphatic heterocycles. The van der Waals surface area contributed by atoms with Crippen LogP contribution in [0.5, 0.6) is 0 Å². The van der Waals surface area contributed by atoms with Crippen molar-refractivity contribution in [1.82, 2.24) is 25.0 Å². The first kappa shape index (κ1) is 26.7. The van der Waals surface area contributed by atoms with Crippen LogP contribution in [0.3, 0.4) is 0 Å². The van der Waals surface area contributed by atoms with Crippen LogP contribution in [-0.4, -0.2) is 100 Å². The summed E-state index contributed by atoms with van der Waals surface area (Å²) in [5, 5.41) is 7.79. The number of amides is 1. The number of hydrogen-bond acceptors (Lipinski definition) is 10. The molecule has 1 amide bonds. The number of thioether (sulfide) groups is 1. The summed E-state index contributed by atoms with van der Waals surface area (Å²) in [4.78, 5) is 45.8. The molecular formula is C24H37N5O6S. The van der Waals surface area contributed by atoms with E-state index in [1.54, 1.807) is 29.9 Å². The Balaban J connectivity index is 1.41. The summed E-state index contributed by atoms with van der Waals surface area (Å²) >= 11 is 1.59. The fourth-order valence-corrected chi connectivity index (χ4v) is 7.12. The van der Waals surface area contributed by atoms with Crippen LogP contribution in [0.15, 0.2) is 11.5 Å². The Morgan fingerprint density at radius 2 is 1.78 bits per heavy atom. The highest BCUT2D eigenvalue weighted by atomic mass is 32.2. The normalized spacial score (nSPS) is 30.5. The Labute approximate surface area is 216 Å². The molecule has 0 spiro atoms. The molecule has 3 fully saturated rings. The molecule has 0 bridgehead atoms. The summed E-state index contributed by atoms with van der Waals surface area (Å²) in [5.74, 6) is 0.527. The molecule has 12 heteroatoms. The molecule has 11 nitrogen and oxygen atoms in total. The highest BCUT2D eigenvalue weighted by Crippen LogP contribution is 2.43. The molecule has 1 aromatic rings. The van der Waals surface area contributed by atoms with Gasteiger partial charge in [-0.15, -0.1) is 5.10 Å². The van der Waals surface area contributed by atoms with E-state index in [1.807, 2.05) is 6.92 Å². The number of nitrogens with one attached hydrogen (secondary N) is 1. The number of piperidine rings is 1. The van der Waals surface area contributed by atoms with E-state index in [-0.39, 0.29) is 29.8 Å². The van der Waals surface area contributed by atoms with E-state index in [9.17, 15) is 14.4 Å². The molecule has 1 aromatic heterocycles. The number of likely N-dealkylation sites (tertiary alicyclic amines) is 2. The van der Waals surface area contributed by atoms with Crippen LogP contribution in [0.4, 0.5) is 4.79 Å². The van der Waals surface area contributed by atoms with Gasteiger partial charge in [0.05, 0.1) is 20.3 Å². The Morgan fingerprint density at radius 1 is 1.03 bits per heavy atom. The van der Waals surface area contributed by atoms with Gasteiger partial charge in [-0.1, -0.05) is 11.8 Å². The molecule has 3 aliphatic rings. The van der Waals surface area contributed by atoms with Gasteiger partial charge in [0.2, 0.25) is 5.16 Å². The summed E-state index contributed by atoms with van der Waals surface area (Å²) < 4.78 is 15.6. The molecule has 4 rings (SSSR count). The van der Waals surface area contributed by atoms with Gasteiger partial charge < -0.3 is 14.2 Å². The smallest absolute Gasteiger partial charge is 0.410 e. The van der Waals surface area contributed by atoms with Crippen LogP contribution in [0.2, 0.25) is 0 Å². The standard InChI is InChI=1S/C24H37N5O6S/c1-4-34-21(30)19-10-18(36-23-25-14-26-27-23)13-28(19)11-15-6-7-16-12-29(24(32)33-3)20(9-17(16)8-15)22(31)35-5-2/h14-20H,4-13H2,1-3H3,(H,25,26,27)/t15?,16?,17?,18-,19-,20?/m0/s1. The first-order chi connectivity index (χ1) is 17.4. The Hall–Kier alpha value is -2.34. The minimum absolute atomic E-state index is 0.168. The van der Waals surface area contributed by atoms with Crippen LogP contribution in [-0.2, 0) is 23.8 Å². The van der Waals surface area contributed by atoms with E-state index in [2.05, 4.69) is 20.1 Å². The fraction of sp³-hybridized carbons (Fsp3) is 0.792. The second-order valence-corrected chi connectivity index (χ2v) is 11.1. The zero-order valence-electron chi connectivity index (χ0n) is 21.3. The van der Waals surface area contributed by atoms with Gasteiger partial charge in [0.15, 0.2) is 0 Å². The van der Waals surface area contributed by atoms with Crippen molar-refractivity contribution in [2.75, 3.05) is 40.0 Å². The molecule has 3 heterocycles. The lowest BCUT2D eigenvalue weighted by Gasteiger charge is -2.46. The van der Waals surface area contributed by atoms with Crippen LogP contribution >= 0.6 is 11.8 Å². The van der Waals surface area contributed by atoms with Crippen molar-refractivity contribution in [3.8, 4) is 0 Å². The van der Waals surface area contributed by atoms with Gasteiger partial charge in [-0.25, -0.2) is 14.6 Å². The van der Waals surface area contributed by atoms with E-state index >= 15 is 0 Å². The van der Waals surface area contributed by atoms with Gasteiger partial charge in [-0.3, -0.25) is 19.7 Å². The van der Waals surface area contributed by atoms with Gasteiger partial charge in [0.25, 0.3) is 0 Å². The minimum atomic E-state index is -0.612. The zero-order chi connectivity index (χ0) is 25.7. The molecule has 6 atom stereocenters. The molecule has 4 unspecified atom stereocenters. The van der Waals surface area contributed by atoms with Gasteiger partial charge in [-0.2, -0.15) is 0 Å². The number of H-pyrrole nitrogens is 1. The first-order valence-corrected chi connectivity index (χ1v) is 13.8. The summed E-state index contributed by atoms with van der Waals surface area (Å²) in [6, 6.07) is -0.883. The number of aromatic amines is 1. The SMILES string of the molecule is CCOC(=O)C1CC2CC(CN3C[C@@H](Sc4nc[nH]n4)C[C@H]3C(=O)OCC)CCC2CN1C(=O)OC. The third kappa shape index (κ3) is 6.13. The van der Waals surface area contributed by atoms with E-state index < -0.39 is 12.1 Å². The minimum Gasteiger partial charge on any atom is -0.465 e. The van der Waals surface area contributed by atoms with Crippen molar-refractivity contribution in [1.29, 1.82) is 0 Å². The number of rotatable bonds is 8. The molecular weight excluding hydrogens is 486 g/mol. The summed E-state index contributed by atoms with van der Waals surface area (Å²) in [6.45, 7) is 6.33. The zero-order valence-corrected chi connectivity index (χ0v) is 22.1. The third-order valence-electron chi connectivity index (χ3n) is 7.63. The molecule has 1 saturated carbocycles. The lowest BCUT2D eigenvalue weighted by atomic mass is 9.69. The number of hydrogen-bond donors (Lipinski definition) is 1. The monoisotopic (exact) mass is 523 g/mol. The van der Waals surface area contributed by atoms with E-state index in [0.717, 1.165) is 32.4 Å². The van der Waals surface area contributed by atoms with Crippen molar-refractivity contribution in [2.45, 2.75) is 68.4 Å². The lowest BCUT2D eigenvalue weighted by Crippen LogP contribution is -2.55. The van der Waals surface area contributed by atoms with Crippen molar-refractivity contribution in [3.05, 3.63) is 6.33 Å². The van der Waals surface area contributed by atoms with Gasteiger partial charge in [-0.05, 0) is 63.7 Å².